The highest BCUT2D eigenvalue weighted by molar-refractivity contribution is 9.10. The molecule has 1 aromatic carbocycles. The second kappa shape index (κ2) is 6.64. The summed E-state index contributed by atoms with van der Waals surface area (Å²) in [5.74, 6) is -0.247. The number of nitrogens with one attached hydrogen (secondary N) is 1. The number of benzene rings is 1. The van der Waals surface area contributed by atoms with E-state index in [-0.39, 0.29) is 23.9 Å². The molecular formula is C14H21BrFNO. The number of halogens is 2. The Morgan fingerprint density at radius 1 is 1.39 bits per heavy atom. The van der Waals surface area contributed by atoms with Gasteiger partial charge in [-0.25, -0.2) is 4.39 Å². The van der Waals surface area contributed by atoms with Crippen molar-refractivity contribution in [2.24, 2.45) is 5.41 Å². The zero-order chi connectivity index (χ0) is 13.8. The minimum atomic E-state index is -0.247. The van der Waals surface area contributed by atoms with Crippen LogP contribution in [0.3, 0.4) is 0 Å². The summed E-state index contributed by atoms with van der Waals surface area (Å²) < 4.78 is 13.9. The standard InChI is InChI=1S/C14H21BrFNO/c1-14(2,3)13(6-7-18)17-9-10-4-5-11(15)12(16)8-10/h4-5,8,13,17-18H,6-7,9H2,1-3H3. The quantitative estimate of drug-likeness (QED) is 0.871. The molecule has 1 aromatic rings. The van der Waals surface area contributed by atoms with Crippen LogP contribution in [-0.2, 0) is 6.54 Å². The highest BCUT2D eigenvalue weighted by atomic mass is 79.9. The molecule has 0 aromatic heterocycles. The number of rotatable bonds is 5. The first kappa shape index (κ1) is 15.6. The highest BCUT2D eigenvalue weighted by Crippen LogP contribution is 2.22. The first-order chi connectivity index (χ1) is 8.34. The number of hydrogen-bond donors (Lipinski definition) is 2. The molecule has 0 heterocycles. The summed E-state index contributed by atoms with van der Waals surface area (Å²) in [7, 11) is 0. The van der Waals surface area contributed by atoms with Gasteiger partial charge in [0.25, 0.3) is 0 Å². The summed E-state index contributed by atoms with van der Waals surface area (Å²) in [5, 5.41) is 12.5. The SMILES string of the molecule is CC(C)(C)C(CCO)NCc1ccc(Br)c(F)c1. The molecule has 0 saturated carbocycles. The first-order valence-corrected chi connectivity index (χ1v) is 6.92. The third-order valence-corrected chi connectivity index (χ3v) is 3.64. The smallest absolute Gasteiger partial charge is 0.137 e. The third-order valence-electron chi connectivity index (χ3n) is 3.00. The lowest BCUT2D eigenvalue weighted by Gasteiger charge is -2.31. The fraction of sp³-hybridized carbons (Fsp3) is 0.571. The van der Waals surface area contributed by atoms with Crippen molar-refractivity contribution in [3.05, 3.63) is 34.1 Å². The largest absolute Gasteiger partial charge is 0.396 e. The van der Waals surface area contributed by atoms with Gasteiger partial charge >= 0.3 is 0 Å². The molecule has 0 aliphatic heterocycles. The van der Waals surface area contributed by atoms with Crippen LogP contribution in [0.2, 0.25) is 0 Å². The van der Waals surface area contributed by atoms with Crippen LogP contribution in [0, 0.1) is 11.2 Å². The molecule has 0 saturated heterocycles. The summed E-state index contributed by atoms with van der Waals surface area (Å²) >= 11 is 3.14. The molecule has 0 spiro atoms. The van der Waals surface area contributed by atoms with Gasteiger partial charge in [-0.15, -0.1) is 0 Å². The molecule has 0 aliphatic carbocycles. The van der Waals surface area contributed by atoms with Crippen molar-refractivity contribution < 1.29 is 9.50 Å². The van der Waals surface area contributed by atoms with Gasteiger partial charge in [0, 0.05) is 19.2 Å². The van der Waals surface area contributed by atoms with Crippen LogP contribution in [0.5, 0.6) is 0 Å². The van der Waals surface area contributed by atoms with Crippen molar-refractivity contribution in [3.8, 4) is 0 Å². The van der Waals surface area contributed by atoms with E-state index in [1.807, 2.05) is 6.07 Å². The molecule has 0 aliphatic rings. The van der Waals surface area contributed by atoms with Crippen molar-refractivity contribution >= 4 is 15.9 Å². The van der Waals surface area contributed by atoms with E-state index < -0.39 is 0 Å². The predicted octanol–water partition coefficient (Wildman–Crippen LogP) is 3.47. The molecule has 0 radical (unpaired) electrons. The van der Waals surface area contributed by atoms with Gasteiger partial charge < -0.3 is 10.4 Å². The van der Waals surface area contributed by atoms with Crippen LogP contribution < -0.4 is 5.32 Å². The van der Waals surface area contributed by atoms with Crippen molar-refractivity contribution in [2.45, 2.75) is 39.8 Å². The third kappa shape index (κ3) is 4.67. The van der Waals surface area contributed by atoms with Gasteiger partial charge in [0.2, 0.25) is 0 Å². The molecular weight excluding hydrogens is 297 g/mol. The molecule has 0 fully saturated rings. The minimum absolute atomic E-state index is 0.0661. The van der Waals surface area contributed by atoms with E-state index in [2.05, 4.69) is 42.0 Å². The Balaban J connectivity index is 2.64. The van der Waals surface area contributed by atoms with Gasteiger partial charge in [0.05, 0.1) is 4.47 Å². The van der Waals surface area contributed by atoms with Crippen LogP contribution >= 0.6 is 15.9 Å². The van der Waals surface area contributed by atoms with E-state index in [1.165, 1.54) is 6.07 Å². The maximum absolute atomic E-state index is 13.4. The van der Waals surface area contributed by atoms with Crippen LogP contribution in [-0.4, -0.2) is 17.8 Å². The Kier molecular flexibility index (Phi) is 5.76. The Hall–Kier alpha value is -0.450. The number of aliphatic hydroxyl groups is 1. The van der Waals surface area contributed by atoms with Crippen molar-refractivity contribution in [2.75, 3.05) is 6.61 Å². The van der Waals surface area contributed by atoms with E-state index in [9.17, 15) is 4.39 Å². The van der Waals surface area contributed by atoms with Crippen molar-refractivity contribution in [1.82, 2.24) is 5.32 Å². The van der Waals surface area contributed by atoms with Crippen molar-refractivity contribution in [3.63, 3.8) is 0 Å². The van der Waals surface area contributed by atoms with Gasteiger partial charge in [0.15, 0.2) is 0 Å². The lowest BCUT2D eigenvalue weighted by atomic mass is 9.85. The van der Waals surface area contributed by atoms with Crippen LogP contribution in [0.15, 0.2) is 22.7 Å². The van der Waals surface area contributed by atoms with E-state index in [4.69, 9.17) is 5.11 Å². The number of hydrogen-bond acceptors (Lipinski definition) is 2. The molecule has 102 valence electrons. The van der Waals surface area contributed by atoms with Gasteiger partial charge in [-0.2, -0.15) is 0 Å². The van der Waals surface area contributed by atoms with E-state index in [0.29, 0.717) is 17.4 Å². The van der Waals surface area contributed by atoms with Gasteiger partial charge in [0.1, 0.15) is 5.82 Å². The summed E-state index contributed by atoms with van der Waals surface area (Å²) in [4.78, 5) is 0. The fourth-order valence-corrected chi connectivity index (χ4v) is 2.11. The van der Waals surface area contributed by atoms with E-state index in [1.54, 1.807) is 6.07 Å². The Morgan fingerprint density at radius 3 is 2.56 bits per heavy atom. The summed E-state index contributed by atoms with van der Waals surface area (Å²) in [6, 6.07) is 5.33. The molecule has 2 N–H and O–H groups in total. The lowest BCUT2D eigenvalue weighted by molar-refractivity contribution is 0.196. The molecule has 1 unspecified atom stereocenters. The van der Waals surface area contributed by atoms with Crippen LogP contribution in [0.25, 0.3) is 0 Å². The molecule has 2 nitrogen and oxygen atoms in total. The minimum Gasteiger partial charge on any atom is -0.396 e. The maximum Gasteiger partial charge on any atom is 0.137 e. The van der Waals surface area contributed by atoms with Gasteiger partial charge in [-0.3, -0.25) is 0 Å². The summed E-state index contributed by atoms with van der Waals surface area (Å²) in [6.07, 6.45) is 0.697. The normalized spacial score (nSPS) is 13.7. The zero-order valence-corrected chi connectivity index (χ0v) is 12.7. The zero-order valence-electron chi connectivity index (χ0n) is 11.1. The molecule has 0 amide bonds. The first-order valence-electron chi connectivity index (χ1n) is 6.12. The molecule has 4 heteroatoms. The summed E-state index contributed by atoms with van der Waals surface area (Å²) in [5.41, 5.74) is 0.972. The van der Waals surface area contributed by atoms with Crippen molar-refractivity contribution in [1.29, 1.82) is 0 Å². The highest BCUT2D eigenvalue weighted by Gasteiger charge is 2.23. The topological polar surface area (TPSA) is 32.3 Å². The second-order valence-corrected chi connectivity index (χ2v) is 6.41. The molecule has 1 atom stereocenters. The molecule has 1 rings (SSSR count). The number of aliphatic hydroxyl groups excluding tert-OH is 1. The van der Waals surface area contributed by atoms with Crippen LogP contribution in [0.1, 0.15) is 32.8 Å². The molecule has 0 bridgehead atoms. The van der Waals surface area contributed by atoms with Gasteiger partial charge in [-0.1, -0.05) is 26.8 Å². The summed E-state index contributed by atoms with van der Waals surface area (Å²) in [6.45, 7) is 7.14. The predicted molar refractivity (Wildman–Crippen MR) is 75.9 cm³/mol. The van der Waals surface area contributed by atoms with E-state index >= 15 is 0 Å². The second-order valence-electron chi connectivity index (χ2n) is 5.56. The van der Waals surface area contributed by atoms with Crippen LogP contribution in [0.4, 0.5) is 4.39 Å². The van der Waals surface area contributed by atoms with E-state index in [0.717, 1.165) is 5.56 Å². The fourth-order valence-electron chi connectivity index (χ4n) is 1.86. The lowest BCUT2D eigenvalue weighted by Crippen LogP contribution is -2.40. The van der Waals surface area contributed by atoms with Gasteiger partial charge in [-0.05, 0) is 45.5 Å². The average Bonchev–Trinajstić information content (AvgIpc) is 2.27. The Labute approximate surface area is 117 Å². The average molecular weight is 318 g/mol. The maximum atomic E-state index is 13.4. The Bertz CT molecular complexity index is 390. The Morgan fingerprint density at radius 2 is 2.06 bits per heavy atom. The molecule has 18 heavy (non-hydrogen) atoms. The monoisotopic (exact) mass is 317 g/mol.